The van der Waals surface area contributed by atoms with E-state index >= 15 is 0 Å². The van der Waals surface area contributed by atoms with Crippen LogP contribution in [0.2, 0.25) is 0 Å². The molecule has 11 heteroatoms. The van der Waals surface area contributed by atoms with Gasteiger partial charge in [0.2, 0.25) is 5.75 Å². The van der Waals surface area contributed by atoms with E-state index in [0.717, 1.165) is 11.4 Å². The Kier molecular flexibility index (Phi) is 5.85. The van der Waals surface area contributed by atoms with Gasteiger partial charge < -0.3 is 9.47 Å². The van der Waals surface area contributed by atoms with Crippen LogP contribution in [-0.4, -0.2) is 46.6 Å². The van der Waals surface area contributed by atoms with E-state index in [9.17, 15) is 24.5 Å². The fourth-order valence-corrected chi connectivity index (χ4v) is 5.10. The number of nitro groups is 1. The van der Waals surface area contributed by atoms with E-state index in [-0.39, 0.29) is 57.9 Å². The largest absolute Gasteiger partial charge is 0.471 e. The van der Waals surface area contributed by atoms with Crippen LogP contribution >= 0.6 is 15.9 Å². The van der Waals surface area contributed by atoms with E-state index in [1.54, 1.807) is 6.92 Å². The van der Waals surface area contributed by atoms with Crippen LogP contribution < -0.4 is 4.74 Å². The molecule has 0 aromatic heterocycles. The lowest BCUT2D eigenvalue weighted by Crippen LogP contribution is -2.28. The van der Waals surface area contributed by atoms with Crippen molar-refractivity contribution in [3.05, 3.63) is 44.4 Å². The lowest BCUT2D eigenvalue weighted by Gasteiger charge is -2.15. The van der Waals surface area contributed by atoms with Crippen LogP contribution in [0.4, 0.5) is 5.69 Å². The van der Waals surface area contributed by atoms with Gasteiger partial charge in [-0.15, -0.1) is 0 Å². The Balaban J connectivity index is 1.56. The zero-order valence-corrected chi connectivity index (χ0v) is 18.9. The molecular formula is C21H20BrN3O7. The molecule has 0 unspecified atom stereocenters. The van der Waals surface area contributed by atoms with Crippen LogP contribution in [0.25, 0.3) is 0 Å². The smallest absolute Gasteiger partial charge is 0.347 e. The Morgan fingerprint density at radius 3 is 2.50 bits per heavy atom. The first-order valence-corrected chi connectivity index (χ1v) is 10.9. The number of allylic oxidation sites excluding steroid dienone is 2. The lowest BCUT2D eigenvalue weighted by molar-refractivity contribution is -0.386. The summed E-state index contributed by atoms with van der Waals surface area (Å²) >= 11 is 3.22. The molecule has 1 aromatic rings. The Bertz CT molecular complexity index is 1040. The van der Waals surface area contributed by atoms with E-state index in [2.05, 4.69) is 21.0 Å². The second-order valence-corrected chi connectivity index (χ2v) is 8.71. The molecule has 1 aliphatic heterocycles. The number of rotatable bonds is 7. The van der Waals surface area contributed by atoms with Crippen molar-refractivity contribution in [1.82, 2.24) is 5.01 Å². The van der Waals surface area contributed by atoms with Crippen molar-refractivity contribution in [3.63, 3.8) is 0 Å². The second kappa shape index (κ2) is 8.45. The SMILES string of the molecule is CCOC(=O)[C@H](C)Oc1c(Br)cc(C=NN2C(=O)[C@@H]3[C@H](C2=O)[C@H]2C=C[C@H]3C2)cc1[N+](=O)[O-]. The number of hydrogen-bond donors (Lipinski definition) is 0. The maximum Gasteiger partial charge on any atom is 0.347 e. The Labute approximate surface area is 191 Å². The minimum atomic E-state index is -1.06. The van der Waals surface area contributed by atoms with Gasteiger partial charge in [-0.3, -0.25) is 19.7 Å². The van der Waals surface area contributed by atoms with E-state index in [1.807, 2.05) is 12.2 Å². The predicted octanol–water partition coefficient (Wildman–Crippen LogP) is 2.83. The highest BCUT2D eigenvalue weighted by molar-refractivity contribution is 9.10. The number of fused-ring (bicyclic) bond motifs is 5. The first kappa shape index (κ1) is 22.1. The van der Waals surface area contributed by atoms with Crippen LogP contribution in [0.1, 0.15) is 25.8 Å². The molecule has 168 valence electrons. The summed E-state index contributed by atoms with van der Waals surface area (Å²) in [6.07, 6.45) is 4.95. The van der Waals surface area contributed by atoms with E-state index in [0.29, 0.717) is 0 Å². The van der Waals surface area contributed by atoms with Crippen LogP contribution in [0.5, 0.6) is 5.75 Å². The number of nitro benzene ring substituents is 1. The average molecular weight is 506 g/mol. The Morgan fingerprint density at radius 1 is 1.31 bits per heavy atom. The summed E-state index contributed by atoms with van der Waals surface area (Å²) in [6.45, 7) is 3.22. The molecule has 1 heterocycles. The maximum absolute atomic E-state index is 12.7. The number of halogens is 1. The number of nitrogens with zero attached hydrogens (tertiary/aromatic N) is 3. The Morgan fingerprint density at radius 2 is 1.94 bits per heavy atom. The van der Waals surface area contributed by atoms with Gasteiger partial charge >= 0.3 is 11.7 Å². The molecule has 1 aromatic carbocycles. The number of ether oxygens (including phenoxy) is 2. The fraction of sp³-hybridized carbons (Fsp3) is 0.429. The van der Waals surface area contributed by atoms with Crippen molar-refractivity contribution in [2.24, 2.45) is 28.8 Å². The topological polar surface area (TPSA) is 128 Å². The van der Waals surface area contributed by atoms with Gasteiger partial charge in [0.05, 0.1) is 34.1 Å². The highest BCUT2D eigenvalue weighted by Crippen LogP contribution is 2.52. The molecule has 0 radical (unpaired) electrons. The summed E-state index contributed by atoms with van der Waals surface area (Å²) < 4.78 is 10.5. The predicted molar refractivity (Wildman–Crippen MR) is 115 cm³/mol. The monoisotopic (exact) mass is 505 g/mol. The van der Waals surface area contributed by atoms with Crippen molar-refractivity contribution in [3.8, 4) is 5.75 Å². The molecule has 10 nitrogen and oxygen atoms in total. The normalized spacial score (nSPS) is 26.7. The van der Waals surface area contributed by atoms with Gasteiger partial charge in [0.15, 0.2) is 6.10 Å². The summed E-state index contributed by atoms with van der Waals surface area (Å²) in [5, 5.41) is 16.5. The minimum absolute atomic E-state index is 0.0645. The molecule has 2 amide bonds. The molecule has 0 spiro atoms. The van der Waals surface area contributed by atoms with Crippen LogP contribution in [0, 0.1) is 33.8 Å². The van der Waals surface area contributed by atoms with Crippen LogP contribution in [-0.2, 0) is 19.1 Å². The van der Waals surface area contributed by atoms with Gasteiger partial charge in [-0.25, -0.2) is 4.79 Å². The van der Waals surface area contributed by atoms with E-state index in [1.165, 1.54) is 25.3 Å². The van der Waals surface area contributed by atoms with Gasteiger partial charge in [0.1, 0.15) is 0 Å². The Hall–Kier alpha value is -3.08. The molecule has 5 atom stereocenters. The average Bonchev–Trinajstić information content (AvgIpc) is 3.42. The summed E-state index contributed by atoms with van der Waals surface area (Å²) in [6, 6.07) is 2.68. The second-order valence-electron chi connectivity index (χ2n) is 7.85. The minimum Gasteiger partial charge on any atom is -0.471 e. The zero-order chi connectivity index (χ0) is 23.2. The van der Waals surface area contributed by atoms with Crippen molar-refractivity contribution >= 4 is 45.6 Å². The first-order valence-electron chi connectivity index (χ1n) is 10.1. The number of esters is 1. The van der Waals surface area contributed by atoms with E-state index < -0.39 is 22.7 Å². The van der Waals surface area contributed by atoms with Crippen LogP contribution in [0.3, 0.4) is 0 Å². The number of amides is 2. The van der Waals surface area contributed by atoms with Gasteiger partial charge in [-0.05, 0) is 54.1 Å². The standard InChI is InChI=1S/C21H20BrN3O7/c1-3-31-21(28)10(2)32-18-14(22)6-11(7-15(18)25(29)30)9-23-24-19(26)16-12-4-5-13(8-12)17(16)20(24)27/h4-7,9-10,12-13,16-17H,3,8H2,1-2H3/t10-,12-,13-,16-,17+/m0/s1. The molecule has 2 fully saturated rings. The van der Waals surface area contributed by atoms with E-state index in [4.69, 9.17) is 9.47 Å². The molecule has 2 bridgehead atoms. The number of carbonyl (C=O) groups is 3. The molecular weight excluding hydrogens is 486 g/mol. The molecule has 1 saturated heterocycles. The number of imide groups is 1. The third-order valence-electron chi connectivity index (χ3n) is 5.93. The third kappa shape index (κ3) is 3.70. The zero-order valence-electron chi connectivity index (χ0n) is 17.3. The molecule has 2 aliphatic carbocycles. The van der Waals surface area contributed by atoms with Gasteiger partial charge in [0.25, 0.3) is 11.8 Å². The van der Waals surface area contributed by atoms with Gasteiger partial charge in [-0.2, -0.15) is 10.1 Å². The highest BCUT2D eigenvalue weighted by atomic mass is 79.9. The van der Waals surface area contributed by atoms with Gasteiger partial charge in [-0.1, -0.05) is 12.2 Å². The number of hydrazone groups is 1. The number of carbonyl (C=O) groups excluding carboxylic acids is 3. The number of benzene rings is 1. The molecule has 3 aliphatic rings. The lowest BCUT2D eigenvalue weighted by atomic mass is 9.85. The molecule has 4 rings (SSSR count). The highest BCUT2D eigenvalue weighted by Gasteiger charge is 2.59. The summed E-state index contributed by atoms with van der Waals surface area (Å²) in [5.74, 6) is -2.11. The van der Waals surface area contributed by atoms with Crippen molar-refractivity contribution in [1.29, 1.82) is 0 Å². The molecule has 32 heavy (non-hydrogen) atoms. The molecule has 1 saturated carbocycles. The fourth-order valence-electron chi connectivity index (χ4n) is 4.54. The van der Waals surface area contributed by atoms with Gasteiger partial charge in [0, 0.05) is 11.6 Å². The molecule has 0 N–H and O–H groups in total. The van der Waals surface area contributed by atoms with Crippen molar-refractivity contribution in [2.75, 3.05) is 6.61 Å². The number of hydrogen-bond acceptors (Lipinski definition) is 8. The van der Waals surface area contributed by atoms with Crippen molar-refractivity contribution in [2.45, 2.75) is 26.4 Å². The quantitative estimate of drug-likeness (QED) is 0.139. The third-order valence-corrected chi connectivity index (χ3v) is 6.51. The maximum atomic E-state index is 12.7. The van der Waals surface area contributed by atoms with Crippen molar-refractivity contribution < 1.29 is 28.8 Å². The summed E-state index contributed by atoms with van der Waals surface area (Å²) in [4.78, 5) is 48.2. The van der Waals surface area contributed by atoms with Crippen LogP contribution in [0.15, 0.2) is 33.9 Å². The summed E-state index contributed by atoms with van der Waals surface area (Å²) in [5.41, 5.74) is -0.131. The summed E-state index contributed by atoms with van der Waals surface area (Å²) in [7, 11) is 0. The first-order chi connectivity index (χ1) is 15.2.